The van der Waals surface area contributed by atoms with Gasteiger partial charge in [0.2, 0.25) is 0 Å². The molecule has 2 amide bonds. The standard InChI is InChI=1S/C21H23NO6.C20H22INO4/c1-14(2)22(21(26)28-13-15-7-5-4-6-8-15)12-16-9-10-17(19(23)24)18(11-16)20(25)27-3;1-14(2)22(20(24)26-13-15-7-5-4-6-8-15)12-16-9-10-18(21)17(11-16)19(23)25-3/h4-11,14H,12-13H2,1-3H3,(H,23,24);4-11,14H,12-13H2,1-3H3. The van der Waals surface area contributed by atoms with Crippen LogP contribution in [0, 0.1) is 3.57 Å². The third-order valence-electron chi connectivity index (χ3n) is 7.99. The summed E-state index contributed by atoms with van der Waals surface area (Å²) in [5.74, 6) is -2.36. The number of hydrogen-bond acceptors (Lipinski definition) is 9. The number of esters is 2. The third-order valence-corrected chi connectivity index (χ3v) is 8.93. The van der Waals surface area contributed by atoms with Crippen molar-refractivity contribution in [3.8, 4) is 0 Å². The lowest BCUT2D eigenvalue weighted by atomic mass is 10.0. The van der Waals surface area contributed by atoms with Gasteiger partial charge in [0.1, 0.15) is 13.2 Å². The first-order valence-corrected chi connectivity index (χ1v) is 18.1. The molecule has 0 saturated heterocycles. The van der Waals surface area contributed by atoms with Crippen LogP contribution in [-0.2, 0) is 45.3 Å². The largest absolute Gasteiger partial charge is 0.478 e. The van der Waals surface area contributed by atoms with E-state index in [-0.39, 0.29) is 55.0 Å². The summed E-state index contributed by atoms with van der Waals surface area (Å²) in [6.45, 7) is 8.43. The molecule has 0 aliphatic heterocycles. The van der Waals surface area contributed by atoms with Gasteiger partial charge in [-0.05, 0) is 96.8 Å². The van der Waals surface area contributed by atoms with Crippen LogP contribution in [0.5, 0.6) is 0 Å². The van der Waals surface area contributed by atoms with Crippen molar-refractivity contribution in [2.24, 2.45) is 0 Å². The van der Waals surface area contributed by atoms with E-state index in [0.717, 1.165) is 20.3 Å². The molecule has 0 bridgehead atoms. The number of halogens is 1. The van der Waals surface area contributed by atoms with Crippen LogP contribution < -0.4 is 0 Å². The van der Waals surface area contributed by atoms with Crippen LogP contribution in [0.15, 0.2) is 97.1 Å². The molecule has 0 aliphatic carbocycles. The molecule has 0 atom stereocenters. The van der Waals surface area contributed by atoms with E-state index in [9.17, 15) is 29.1 Å². The van der Waals surface area contributed by atoms with Crippen molar-refractivity contribution in [2.75, 3.05) is 14.2 Å². The first kappa shape index (κ1) is 43.0. The molecule has 0 aliphatic rings. The lowest BCUT2D eigenvalue weighted by Gasteiger charge is -2.26. The second-order valence-corrected chi connectivity index (χ2v) is 13.7. The first-order chi connectivity index (χ1) is 25.7. The Hall–Kier alpha value is -5.44. The number of nitrogens with zero attached hydrogens (tertiary/aromatic N) is 2. The van der Waals surface area contributed by atoms with Crippen molar-refractivity contribution in [3.05, 3.63) is 140 Å². The van der Waals surface area contributed by atoms with Crippen LogP contribution in [-0.4, -0.2) is 71.3 Å². The molecular formula is C41H45IN2O10. The molecular weight excluding hydrogens is 807 g/mol. The number of ether oxygens (including phenoxy) is 4. The van der Waals surface area contributed by atoms with Gasteiger partial charge in [-0.15, -0.1) is 0 Å². The Morgan fingerprint density at radius 2 is 0.981 bits per heavy atom. The number of amides is 2. The lowest BCUT2D eigenvalue weighted by Crippen LogP contribution is -2.36. The van der Waals surface area contributed by atoms with E-state index in [1.807, 2.05) is 100 Å². The van der Waals surface area contributed by atoms with Gasteiger partial charge >= 0.3 is 30.1 Å². The molecule has 0 heterocycles. The molecule has 4 aromatic rings. The molecule has 12 nitrogen and oxygen atoms in total. The average Bonchev–Trinajstić information content (AvgIpc) is 3.17. The highest BCUT2D eigenvalue weighted by atomic mass is 127. The van der Waals surface area contributed by atoms with E-state index in [0.29, 0.717) is 17.7 Å². The van der Waals surface area contributed by atoms with Gasteiger partial charge in [0.05, 0.1) is 30.9 Å². The van der Waals surface area contributed by atoms with Crippen LogP contribution in [0.1, 0.15) is 81.0 Å². The highest BCUT2D eigenvalue weighted by Crippen LogP contribution is 2.20. The lowest BCUT2D eigenvalue weighted by molar-refractivity contribution is 0.0581. The van der Waals surface area contributed by atoms with Gasteiger partial charge < -0.3 is 33.9 Å². The molecule has 0 fully saturated rings. The average molecular weight is 853 g/mol. The number of rotatable bonds is 13. The molecule has 0 saturated carbocycles. The molecule has 0 unspecified atom stereocenters. The number of benzene rings is 4. The zero-order valence-electron chi connectivity index (χ0n) is 31.1. The maximum absolute atomic E-state index is 12.5. The summed E-state index contributed by atoms with van der Waals surface area (Å²) in [6, 6.07) is 28.5. The number of carboxylic acids is 1. The van der Waals surface area contributed by atoms with Gasteiger partial charge in [0.25, 0.3) is 0 Å². The minimum Gasteiger partial charge on any atom is -0.478 e. The maximum Gasteiger partial charge on any atom is 0.410 e. The van der Waals surface area contributed by atoms with E-state index in [1.165, 1.54) is 31.3 Å². The summed E-state index contributed by atoms with van der Waals surface area (Å²) in [7, 11) is 2.54. The SMILES string of the molecule is COC(=O)c1cc(CN(C(=O)OCc2ccccc2)C(C)C)ccc1C(=O)O.COC(=O)c1cc(CN(C(=O)OCc2ccccc2)C(C)C)ccc1I. The van der Waals surface area contributed by atoms with Crippen molar-refractivity contribution < 1.29 is 48.0 Å². The van der Waals surface area contributed by atoms with Crippen molar-refractivity contribution in [2.45, 2.75) is 66.1 Å². The monoisotopic (exact) mass is 852 g/mol. The summed E-state index contributed by atoms with van der Waals surface area (Å²) in [5, 5.41) is 9.25. The fraction of sp³-hybridized carbons (Fsp3) is 0.293. The fourth-order valence-corrected chi connectivity index (χ4v) is 5.56. The summed E-state index contributed by atoms with van der Waals surface area (Å²) in [5.41, 5.74) is 3.52. The van der Waals surface area contributed by atoms with Crippen molar-refractivity contribution in [1.29, 1.82) is 0 Å². The fourth-order valence-electron chi connectivity index (χ4n) is 5.01. The molecule has 286 valence electrons. The van der Waals surface area contributed by atoms with E-state index in [2.05, 4.69) is 27.3 Å². The second kappa shape index (κ2) is 21.3. The number of aromatic carboxylic acids is 1. The van der Waals surface area contributed by atoms with Crippen LogP contribution in [0.25, 0.3) is 0 Å². The zero-order valence-corrected chi connectivity index (χ0v) is 33.3. The Balaban J connectivity index is 0.000000291. The van der Waals surface area contributed by atoms with Gasteiger partial charge in [0, 0.05) is 28.7 Å². The van der Waals surface area contributed by atoms with Crippen LogP contribution in [0.4, 0.5) is 9.59 Å². The molecule has 1 N–H and O–H groups in total. The Morgan fingerprint density at radius 1 is 0.574 bits per heavy atom. The highest BCUT2D eigenvalue weighted by molar-refractivity contribution is 14.1. The van der Waals surface area contributed by atoms with Gasteiger partial charge in [-0.2, -0.15) is 0 Å². The minimum absolute atomic E-state index is 0.0425. The Kier molecular flexibility index (Phi) is 17.0. The summed E-state index contributed by atoms with van der Waals surface area (Å²) in [4.78, 5) is 63.3. The van der Waals surface area contributed by atoms with Crippen molar-refractivity contribution in [1.82, 2.24) is 9.80 Å². The molecule has 54 heavy (non-hydrogen) atoms. The zero-order chi connectivity index (χ0) is 39.8. The normalized spacial score (nSPS) is 10.5. The number of carbonyl (C=O) groups excluding carboxylic acids is 4. The predicted octanol–water partition coefficient (Wildman–Crippen LogP) is 8.34. The van der Waals surface area contributed by atoms with Crippen molar-refractivity contribution in [3.63, 3.8) is 0 Å². The van der Waals surface area contributed by atoms with E-state index < -0.39 is 18.0 Å². The quantitative estimate of drug-likeness (QED) is 0.0791. The van der Waals surface area contributed by atoms with Crippen LogP contribution in [0.2, 0.25) is 0 Å². The Bertz CT molecular complexity index is 1880. The summed E-state index contributed by atoms with van der Waals surface area (Å²) in [6.07, 6.45) is -0.886. The van der Waals surface area contributed by atoms with Crippen molar-refractivity contribution >= 4 is 52.7 Å². The molecule has 0 aromatic heterocycles. The molecule has 0 radical (unpaired) electrons. The predicted molar refractivity (Wildman–Crippen MR) is 210 cm³/mol. The number of carbonyl (C=O) groups is 5. The smallest absolute Gasteiger partial charge is 0.410 e. The van der Waals surface area contributed by atoms with E-state index in [4.69, 9.17) is 14.2 Å². The van der Waals surface area contributed by atoms with Crippen LogP contribution in [0.3, 0.4) is 0 Å². The van der Waals surface area contributed by atoms with Gasteiger partial charge in [0.15, 0.2) is 0 Å². The minimum atomic E-state index is -1.23. The van der Waals surface area contributed by atoms with Crippen LogP contribution >= 0.6 is 22.6 Å². The topological polar surface area (TPSA) is 149 Å². The van der Waals surface area contributed by atoms with Gasteiger partial charge in [-0.3, -0.25) is 0 Å². The molecule has 4 rings (SSSR count). The number of methoxy groups -OCH3 is 2. The first-order valence-electron chi connectivity index (χ1n) is 17.0. The molecule has 0 spiro atoms. The van der Waals surface area contributed by atoms with Gasteiger partial charge in [-0.1, -0.05) is 72.8 Å². The molecule has 13 heteroatoms. The number of carboxylic acid groups (broad SMARTS) is 1. The second-order valence-electron chi connectivity index (χ2n) is 12.5. The third kappa shape index (κ3) is 12.9. The van der Waals surface area contributed by atoms with E-state index in [1.54, 1.807) is 17.0 Å². The Labute approximate surface area is 329 Å². The van der Waals surface area contributed by atoms with E-state index >= 15 is 0 Å². The highest BCUT2D eigenvalue weighted by Gasteiger charge is 2.23. The summed E-state index contributed by atoms with van der Waals surface area (Å²) >= 11 is 2.09. The Morgan fingerprint density at radius 3 is 1.39 bits per heavy atom. The summed E-state index contributed by atoms with van der Waals surface area (Å²) < 4.78 is 21.1. The number of hydrogen-bond donors (Lipinski definition) is 1. The maximum atomic E-state index is 12.5. The molecule has 4 aromatic carbocycles. The van der Waals surface area contributed by atoms with Gasteiger partial charge in [-0.25, -0.2) is 24.0 Å².